The number of alkyl halides is 1. The molecule has 0 bridgehead atoms. The standard InChI is InChI=1S/C9H18FNO2/c1-6(2)5-9(11,7(12)13)8(3,4)10/h6H,5,11H2,1-4H3,(H,12,13). The number of carboxylic acid groups (broad SMARTS) is 1. The highest BCUT2D eigenvalue weighted by atomic mass is 19.1. The van der Waals surface area contributed by atoms with Crippen molar-refractivity contribution < 1.29 is 14.3 Å². The summed E-state index contributed by atoms with van der Waals surface area (Å²) < 4.78 is 13.5. The van der Waals surface area contributed by atoms with Gasteiger partial charge in [0.2, 0.25) is 0 Å². The van der Waals surface area contributed by atoms with Crippen molar-refractivity contribution in [3.05, 3.63) is 0 Å². The summed E-state index contributed by atoms with van der Waals surface area (Å²) in [6, 6.07) is 0. The number of aliphatic carboxylic acids is 1. The second kappa shape index (κ2) is 3.62. The van der Waals surface area contributed by atoms with Crippen molar-refractivity contribution in [2.75, 3.05) is 0 Å². The third-order valence-corrected chi connectivity index (χ3v) is 2.17. The molecule has 0 radical (unpaired) electrons. The second-order valence-corrected chi connectivity index (χ2v) is 4.35. The molecule has 0 aliphatic heterocycles. The lowest BCUT2D eigenvalue weighted by molar-refractivity contribution is -0.150. The smallest absolute Gasteiger partial charge is 0.327 e. The van der Waals surface area contributed by atoms with E-state index in [1.807, 2.05) is 13.8 Å². The lowest BCUT2D eigenvalue weighted by Gasteiger charge is -2.35. The molecule has 0 aliphatic rings. The Balaban J connectivity index is 4.85. The Labute approximate surface area is 78.1 Å². The summed E-state index contributed by atoms with van der Waals surface area (Å²) in [4.78, 5) is 10.8. The summed E-state index contributed by atoms with van der Waals surface area (Å²) >= 11 is 0. The fourth-order valence-electron chi connectivity index (χ4n) is 1.23. The van der Waals surface area contributed by atoms with E-state index in [0.29, 0.717) is 0 Å². The van der Waals surface area contributed by atoms with E-state index in [0.717, 1.165) is 0 Å². The zero-order chi connectivity index (χ0) is 10.9. The van der Waals surface area contributed by atoms with Gasteiger partial charge in [-0.3, -0.25) is 4.79 Å². The number of hydrogen-bond acceptors (Lipinski definition) is 2. The zero-order valence-electron chi connectivity index (χ0n) is 8.60. The van der Waals surface area contributed by atoms with E-state index in [1.165, 1.54) is 13.8 Å². The van der Waals surface area contributed by atoms with Crippen LogP contribution in [0.2, 0.25) is 0 Å². The molecule has 78 valence electrons. The van der Waals surface area contributed by atoms with E-state index in [-0.39, 0.29) is 12.3 Å². The molecule has 1 unspecified atom stereocenters. The van der Waals surface area contributed by atoms with E-state index < -0.39 is 17.2 Å². The Bertz CT molecular complexity index is 198. The molecule has 0 aromatic carbocycles. The monoisotopic (exact) mass is 191 g/mol. The van der Waals surface area contributed by atoms with Crippen LogP contribution >= 0.6 is 0 Å². The first-order chi connectivity index (χ1) is 5.61. The van der Waals surface area contributed by atoms with Crippen LogP contribution in [0.5, 0.6) is 0 Å². The first-order valence-electron chi connectivity index (χ1n) is 4.32. The topological polar surface area (TPSA) is 63.3 Å². The summed E-state index contributed by atoms with van der Waals surface area (Å²) in [5, 5.41) is 8.85. The Morgan fingerprint density at radius 2 is 1.92 bits per heavy atom. The second-order valence-electron chi connectivity index (χ2n) is 4.35. The van der Waals surface area contributed by atoms with Gasteiger partial charge >= 0.3 is 5.97 Å². The first-order valence-corrected chi connectivity index (χ1v) is 4.32. The molecule has 3 nitrogen and oxygen atoms in total. The van der Waals surface area contributed by atoms with Gasteiger partial charge in [0.1, 0.15) is 11.2 Å². The van der Waals surface area contributed by atoms with Crippen LogP contribution in [-0.2, 0) is 4.79 Å². The molecule has 0 amide bonds. The highest BCUT2D eigenvalue weighted by Gasteiger charge is 2.49. The predicted molar refractivity (Wildman–Crippen MR) is 49.2 cm³/mol. The van der Waals surface area contributed by atoms with Crippen molar-refractivity contribution in [2.45, 2.75) is 45.3 Å². The predicted octanol–water partition coefficient (Wildman–Crippen LogP) is 1.56. The minimum absolute atomic E-state index is 0.0520. The van der Waals surface area contributed by atoms with Gasteiger partial charge in [-0.05, 0) is 26.2 Å². The van der Waals surface area contributed by atoms with E-state index >= 15 is 0 Å². The average molecular weight is 191 g/mol. The average Bonchev–Trinajstić information content (AvgIpc) is 1.82. The number of halogens is 1. The number of carboxylic acids is 1. The zero-order valence-corrected chi connectivity index (χ0v) is 8.60. The van der Waals surface area contributed by atoms with Gasteiger partial charge < -0.3 is 10.8 Å². The highest BCUT2D eigenvalue weighted by Crippen LogP contribution is 2.30. The highest BCUT2D eigenvalue weighted by molar-refractivity contribution is 5.80. The van der Waals surface area contributed by atoms with E-state index in [9.17, 15) is 9.18 Å². The summed E-state index contributed by atoms with van der Waals surface area (Å²) in [5.74, 6) is -1.23. The van der Waals surface area contributed by atoms with Crippen molar-refractivity contribution in [2.24, 2.45) is 11.7 Å². The number of hydrogen-bond donors (Lipinski definition) is 2. The van der Waals surface area contributed by atoms with Gasteiger partial charge in [-0.15, -0.1) is 0 Å². The fraction of sp³-hybridized carbons (Fsp3) is 0.889. The summed E-state index contributed by atoms with van der Waals surface area (Å²) in [5.41, 5.74) is 1.84. The van der Waals surface area contributed by atoms with E-state index in [1.54, 1.807) is 0 Å². The SMILES string of the molecule is CC(C)CC(N)(C(=O)O)C(C)(C)F. The van der Waals surface area contributed by atoms with Crippen LogP contribution in [0.25, 0.3) is 0 Å². The summed E-state index contributed by atoms with van der Waals surface area (Å²) in [6.45, 7) is 6.03. The molecule has 0 spiro atoms. The number of carbonyl (C=O) groups is 1. The minimum Gasteiger partial charge on any atom is -0.480 e. The quantitative estimate of drug-likeness (QED) is 0.708. The molecule has 0 saturated heterocycles. The van der Waals surface area contributed by atoms with Gasteiger partial charge in [-0.25, -0.2) is 4.39 Å². The molecule has 1 atom stereocenters. The number of rotatable bonds is 4. The molecule has 0 fully saturated rings. The van der Waals surface area contributed by atoms with E-state index in [4.69, 9.17) is 10.8 Å². The molecule has 3 N–H and O–H groups in total. The molecule has 13 heavy (non-hydrogen) atoms. The maximum Gasteiger partial charge on any atom is 0.327 e. The van der Waals surface area contributed by atoms with Crippen LogP contribution in [-0.4, -0.2) is 22.3 Å². The number of nitrogens with two attached hydrogens (primary N) is 1. The van der Waals surface area contributed by atoms with Crippen molar-refractivity contribution in [1.82, 2.24) is 0 Å². The maximum absolute atomic E-state index is 13.5. The van der Waals surface area contributed by atoms with Crippen LogP contribution in [0.1, 0.15) is 34.1 Å². The van der Waals surface area contributed by atoms with Crippen molar-refractivity contribution in [3.8, 4) is 0 Å². The van der Waals surface area contributed by atoms with E-state index in [2.05, 4.69) is 0 Å². The molecule has 0 aliphatic carbocycles. The van der Waals surface area contributed by atoms with Crippen molar-refractivity contribution in [1.29, 1.82) is 0 Å². The van der Waals surface area contributed by atoms with Gasteiger partial charge in [-0.1, -0.05) is 13.8 Å². The third kappa shape index (κ3) is 2.66. The van der Waals surface area contributed by atoms with Gasteiger partial charge in [0.25, 0.3) is 0 Å². The van der Waals surface area contributed by atoms with Crippen LogP contribution in [0.15, 0.2) is 0 Å². The summed E-state index contributed by atoms with van der Waals surface area (Å²) in [6.07, 6.45) is 0.131. The Morgan fingerprint density at radius 1 is 1.54 bits per heavy atom. The minimum atomic E-state index is -1.91. The maximum atomic E-state index is 13.5. The summed E-state index contributed by atoms with van der Waals surface area (Å²) in [7, 11) is 0. The lowest BCUT2D eigenvalue weighted by atomic mass is 9.78. The Morgan fingerprint density at radius 3 is 2.00 bits per heavy atom. The van der Waals surface area contributed by atoms with Crippen LogP contribution in [0, 0.1) is 5.92 Å². The van der Waals surface area contributed by atoms with Gasteiger partial charge in [0, 0.05) is 0 Å². The lowest BCUT2D eigenvalue weighted by Crippen LogP contribution is -2.61. The molecule has 0 aromatic rings. The molecular formula is C9H18FNO2. The third-order valence-electron chi connectivity index (χ3n) is 2.17. The van der Waals surface area contributed by atoms with Crippen LogP contribution in [0.4, 0.5) is 4.39 Å². The normalized spacial score (nSPS) is 17.2. The molecule has 0 rings (SSSR count). The molecule has 0 saturated carbocycles. The van der Waals surface area contributed by atoms with Gasteiger partial charge in [0.15, 0.2) is 0 Å². The van der Waals surface area contributed by atoms with Gasteiger partial charge in [0.05, 0.1) is 0 Å². The van der Waals surface area contributed by atoms with Gasteiger partial charge in [-0.2, -0.15) is 0 Å². The van der Waals surface area contributed by atoms with Crippen LogP contribution < -0.4 is 5.73 Å². The largest absolute Gasteiger partial charge is 0.480 e. The Kier molecular flexibility index (Phi) is 3.44. The van der Waals surface area contributed by atoms with Crippen LogP contribution in [0.3, 0.4) is 0 Å². The molecular weight excluding hydrogens is 173 g/mol. The van der Waals surface area contributed by atoms with Crippen molar-refractivity contribution in [3.63, 3.8) is 0 Å². The molecule has 0 aromatic heterocycles. The Hall–Kier alpha value is -0.640. The molecule has 0 heterocycles. The fourth-order valence-corrected chi connectivity index (χ4v) is 1.23. The molecule has 4 heteroatoms. The van der Waals surface area contributed by atoms with Crippen molar-refractivity contribution >= 4 is 5.97 Å². The first kappa shape index (κ1) is 12.4.